The highest BCUT2D eigenvalue weighted by Crippen LogP contribution is 2.48. The Morgan fingerprint density at radius 1 is 1.26 bits per heavy atom. The summed E-state index contributed by atoms with van der Waals surface area (Å²) in [5.74, 6) is 0.133. The molecule has 7 heteroatoms. The first-order chi connectivity index (χ1) is 12.9. The van der Waals surface area contributed by atoms with Crippen molar-refractivity contribution < 1.29 is 8.42 Å². The summed E-state index contributed by atoms with van der Waals surface area (Å²) >= 11 is 0. The molecule has 1 saturated heterocycles. The minimum atomic E-state index is -3.28. The van der Waals surface area contributed by atoms with E-state index in [1.165, 1.54) is 11.8 Å². The Kier molecular flexibility index (Phi) is 4.47. The fraction of sp³-hybridized carbons (Fsp3) is 0.500. The van der Waals surface area contributed by atoms with Crippen LogP contribution in [0.25, 0.3) is 21.9 Å². The summed E-state index contributed by atoms with van der Waals surface area (Å²) in [6.07, 6.45) is 10.3. The quantitative estimate of drug-likeness (QED) is 0.739. The number of aromatic nitrogens is 3. The van der Waals surface area contributed by atoms with Gasteiger partial charge in [0, 0.05) is 41.2 Å². The number of pyridine rings is 2. The van der Waals surface area contributed by atoms with Crippen LogP contribution in [0.1, 0.15) is 51.0 Å². The molecule has 3 aromatic heterocycles. The zero-order valence-electron chi connectivity index (χ0n) is 16.1. The van der Waals surface area contributed by atoms with Gasteiger partial charge >= 0.3 is 0 Å². The SMILES string of the molecule is CCC1(CC)C(c2cc[nH]c3cnc4nccc4c23)CCCN1S(C)(=O)=O. The lowest BCUT2D eigenvalue weighted by molar-refractivity contribution is 0.0942. The van der Waals surface area contributed by atoms with Crippen molar-refractivity contribution in [2.45, 2.75) is 51.0 Å². The van der Waals surface area contributed by atoms with Crippen molar-refractivity contribution >= 4 is 32.0 Å². The van der Waals surface area contributed by atoms with Gasteiger partial charge in [0.15, 0.2) is 5.65 Å². The Balaban J connectivity index is 2.00. The molecule has 1 unspecified atom stereocenters. The Bertz CT molecular complexity index is 1090. The van der Waals surface area contributed by atoms with E-state index in [-0.39, 0.29) is 5.92 Å². The average Bonchev–Trinajstić information content (AvgIpc) is 3.15. The lowest BCUT2D eigenvalue weighted by Crippen LogP contribution is -2.57. The standard InChI is InChI=1S/C20H26N4O2S/c1-4-20(5-2)16(7-6-12-24(20)27(3,25)26)14-8-10-21-17-13-23-19-15(18(14)17)9-11-22-19/h8-11,13,16,21H,4-7,12H2,1-3H3. The molecular weight excluding hydrogens is 360 g/mol. The fourth-order valence-electron chi connectivity index (χ4n) is 5.12. The summed E-state index contributed by atoms with van der Waals surface area (Å²) in [5, 5.41) is 2.14. The fourth-order valence-corrected chi connectivity index (χ4v) is 6.62. The van der Waals surface area contributed by atoms with Crippen LogP contribution < -0.4 is 0 Å². The normalized spacial score (nSPS) is 21.1. The van der Waals surface area contributed by atoms with Crippen LogP contribution in [-0.4, -0.2) is 46.0 Å². The Labute approximate surface area is 160 Å². The number of piperidine rings is 1. The summed E-state index contributed by atoms with van der Waals surface area (Å²) in [7, 11) is -3.28. The highest BCUT2D eigenvalue weighted by molar-refractivity contribution is 7.88. The molecule has 4 heterocycles. The first kappa shape index (κ1) is 18.4. The van der Waals surface area contributed by atoms with E-state index in [0.29, 0.717) is 6.54 Å². The van der Waals surface area contributed by atoms with Gasteiger partial charge in [-0.1, -0.05) is 13.8 Å². The molecule has 6 nitrogen and oxygen atoms in total. The average molecular weight is 387 g/mol. The second kappa shape index (κ2) is 6.56. The molecule has 1 aliphatic heterocycles. The van der Waals surface area contributed by atoms with Crippen molar-refractivity contribution in [1.29, 1.82) is 0 Å². The molecule has 0 radical (unpaired) electrons. The maximum absolute atomic E-state index is 12.6. The molecule has 0 bridgehead atoms. The van der Waals surface area contributed by atoms with Crippen molar-refractivity contribution in [2.24, 2.45) is 0 Å². The molecule has 1 N–H and O–H groups in total. The van der Waals surface area contributed by atoms with Crippen molar-refractivity contribution in [2.75, 3.05) is 12.8 Å². The molecule has 0 aromatic carbocycles. The van der Waals surface area contributed by atoms with Gasteiger partial charge in [0.25, 0.3) is 0 Å². The smallest absolute Gasteiger partial charge is 0.211 e. The molecule has 0 saturated carbocycles. The number of sulfonamides is 1. The maximum atomic E-state index is 12.6. The number of rotatable bonds is 4. The van der Waals surface area contributed by atoms with Crippen LogP contribution in [-0.2, 0) is 10.0 Å². The van der Waals surface area contributed by atoms with Crippen LogP contribution in [0.15, 0.2) is 30.7 Å². The second-order valence-electron chi connectivity index (χ2n) is 7.50. The zero-order chi connectivity index (χ0) is 19.2. The van der Waals surface area contributed by atoms with Gasteiger partial charge in [-0.15, -0.1) is 0 Å². The van der Waals surface area contributed by atoms with Gasteiger partial charge in [-0.05, 0) is 43.4 Å². The Hall–Kier alpha value is -1.99. The minimum absolute atomic E-state index is 0.133. The molecule has 0 amide bonds. The molecule has 1 fully saturated rings. The monoisotopic (exact) mass is 386 g/mol. The van der Waals surface area contributed by atoms with Crippen LogP contribution in [0.3, 0.4) is 0 Å². The van der Waals surface area contributed by atoms with E-state index in [4.69, 9.17) is 0 Å². The summed E-state index contributed by atoms with van der Waals surface area (Å²) in [6.45, 7) is 4.82. The first-order valence-corrected chi connectivity index (χ1v) is 11.5. The van der Waals surface area contributed by atoms with Gasteiger partial charge in [0.1, 0.15) is 0 Å². The molecular formula is C20H26N4O2S. The number of nitrogens with zero attached hydrogens (tertiary/aromatic N) is 3. The highest BCUT2D eigenvalue weighted by Gasteiger charge is 2.48. The number of hydrogen-bond acceptors (Lipinski definition) is 4. The van der Waals surface area contributed by atoms with E-state index in [0.717, 1.165) is 47.6 Å². The number of H-pyrrole nitrogens is 1. The molecule has 1 aliphatic rings. The number of aromatic amines is 1. The van der Waals surface area contributed by atoms with Crippen LogP contribution >= 0.6 is 0 Å². The van der Waals surface area contributed by atoms with Crippen molar-refractivity contribution in [1.82, 2.24) is 19.3 Å². The Morgan fingerprint density at radius 2 is 2.04 bits per heavy atom. The topological polar surface area (TPSA) is 79.0 Å². The lowest BCUT2D eigenvalue weighted by atomic mass is 9.70. The van der Waals surface area contributed by atoms with Gasteiger partial charge in [0.2, 0.25) is 10.0 Å². The largest absolute Gasteiger partial charge is 0.360 e. The highest BCUT2D eigenvalue weighted by atomic mass is 32.2. The van der Waals surface area contributed by atoms with Crippen LogP contribution in [0.2, 0.25) is 0 Å². The summed E-state index contributed by atoms with van der Waals surface area (Å²) in [4.78, 5) is 12.1. The van der Waals surface area contributed by atoms with Gasteiger partial charge in [-0.2, -0.15) is 4.31 Å². The van der Waals surface area contributed by atoms with Crippen LogP contribution in [0, 0.1) is 0 Å². The van der Waals surface area contributed by atoms with Gasteiger partial charge in [-0.3, -0.25) is 0 Å². The van der Waals surface area contributed by atoms with Gasteiger partial charge < -0.3 is 4.98 Å². The zero-order valence-corrected chi connectivity index (χ0v) is 16.9. The van der Waals surface area contributed by atoms with Crippen LogP contribution in [0.5, 0.6) is 0 Å². The van der Waals surface area contributed by atoms with E-state index in [1.54, 1.807) is 10.5 Å². The van der Waals surface area contributed by atoms with Crippen molar-refractivity contribution in [3.8, 4) is 0 Å². The maximum Gasteiger partial charge on any atom is 0.211 e. The molecule has 144 valence electrons. The van der Waals surface area contributed by atoms with Crippen molar-refractivity contribution in [3.05, 3.63) is 36.3 Å². The van der Waals surface area contributed by atoms with E-state index in [1.807, 2.05) is 18.5 Å². The molecule has 4 rings (SSSR count). The van der Waals surface area contributed by atoms with Gasteiger partial charge in [0.05, 0.1) is 18.0 Å². The van der Waals surface area contributed by atoms with Gasteiger partial charge in [-0.25, -0.2) is 18.4 Å². The number of nitrogens with one attached hydrogen (secondary N) is 1. The third kappa shape index (κ3) is 2.75. The molecule has 0 aliphatic carbocycles. The summed E-state index contributed by atoms with van der Waals surface area (Å²) in [5.41, 5.74) is 2.49. The first-order valence-electron chi connectivity index (χ1n) is 9.61. The number of fused-ring (bicyclic) bond motifs is 3. The van der Waals surface area contributed by atoms with E-state index < -0.39 is 15.6 Å². The van der Waals surface area contributed by atoms with E-state index in [9.17, 15) is 8.42 Å². The van der Waals surface area contributed by atoms with Crippen molar-refractivity contribution in [3.63, 3.8) is 0 Å². The third-order valence-corrected chi connectivity index (χ3v) is 7.67. The molecule has 3 aromatic rings. The van der Waals surface area contributed by atoms with Crippen LogP contribution in [0.4, 0.5) is 0 Å². The second-order valence-corrected chi connectivity index (χ2v) is 9.41. The number of hydrogen-bond donors (Lipinski definition) is 1. The predicted molar refractivity (Wildman–Crippen MR) is 108 cm³/mol. The molecule has 27 heavy (non-hydrogen) atoms. The summed E-state index contributed by atoms with van der Waals surface area (Å²) < 4.78 is 27.0. The molecule has 0 spiro atoms. The van der Waals surface area contributed by atoms with E-state index in [2.05, 4.69) is 34.9 Å². The Morgan fingerprint density at radius 3 is 2.74 bits per heavy atom. The molecule has 1 atom stereocenters. The third-order valence-electron chi connectivity index (χ3n) is 6.32. The minimum Gasteiger partial charge on any atom is -0.360 e. The lowest BCUT2D eigenvalue weighted by Gasteiger charge is -2.51. The van der Waals surface area contributed by atoms with E-state index >= 15 is 0 Å². The summed E-state index contributed by atoms with van der Waals surface area (Å²) in [6, 6.07) is 4.12. The predicted octanol–water partition coefficient (Wildman–Crippen LogP) is 3.81.